The molecule has 3 rings (SSSR count). The number of halogens is 1. The van der Waals surface area contributed by atoms with Crippen LogP contribution in [-0.4, -0.2) is 47.8 Å². The summed E-state index contributed by atoms with van der Waals surface area (Å²) in [7, 11) is 0. The predicted molar refractivity (Wildman–Crippen MR) is 68.6 cm³/mol. The molecule has 1 aromatic rings. The van der Waals surface area contributed by atoms with Gasteiger partial charge < -0.3 is 9.47 Å². The lowest BCUT2D eigenvalue weighted by Gasteiger charge is -2.30. The smallest absolute Gasteiger partial charge is 0.250 e. The molecule has 2 bridgehead atoms. The number of hydrogen-bond acceptors (Lipinski definition) is 4. The van der Waals surface area contributed by atoms with Crippen LogP contribution in [-0.2, 0) is 4.74 Å². The van der Waals surface area contributed by atoms with E-state index in [1.54, 1.807) is 12.3 Å². The summed E-state index contributed by atoms with van der Waals surface area (Å²) in [5.41, 5.74) is 0. The van der Waals surface area contributed by atoms with Crippen molar-refractivity contribution in [2.75, 3.05) is 19.7 Å². The number of rotatable bonds is 3. The minimum Gasteiger partial charge on any atom is -0.468 e. The van der Waals surface area contributed by atoms with Crippen molar-refractivity contribution in [3.63, 3.8) is 0 Å². The Kier molecular flexibility index (Phi) is 3.66. The van der Waals surface area contributed by atoms with E-state index < -0.39 is 5.82 Å². The summed E-state index contributed by atoms with van der Waals surface area (Å²) in [5, 5.41) is 0. The number of likely N-dealkylation sites (N-methyl/N-ethyl adjacent to an activating group) is 1. The highest BCUT2D eigenvalue weighted by atomic mass is 19.1. The monoisotopic (exact) mass is 266 g/mol. The summed E-state index contributed by atoms with van der Waals surface area (Å²) in [6.07, 6.45) is 3.50. The van der Waals surface area contributed by atoms with Crippen molar-refractivity contribution in [3.8, 4) is 5.88 Å². The molecule has 3 atom stereocenters. The lowest BCUT2D eigenvalue weighted by Crippen LogP contribution is -2.44. The van der Waals surface area contributed by atoms with Gasteiger partial charge in [0.25, 0.3) is 5.88 Å². The fourth-order valence-electron chi connectivity index (χ4n) is 3.10. The molecule has 1 aromatic heterocycles. The van der Waals surface area contributed by atoms with Gasteiger partial charge in [-0.3, -0.25) is 4.90 Å². The van der Waals surface area contributed by atoms with E-state index in [2.05, 4.69) is 16.8 Å². The highest BCUT2D eigenvalue weighted by Crippen LogP contribution is 2.32. The van der Waals surface area contributed by atoms with Gasteiger partial charge in [0.1, 0.15) is 6.10 Å². The zero-order chi connectivity index (χ0) is 13.2. The molecule has 2 fully saturated rings. The van der Waals surface area contributed by atoms with Crippen LogP contribution in [0.5, 0.6) is 5.88 Å². The van der Waals surface area contributed by atoms with Crippen molar-refractivity contribution in [1.82, 2.24) is 9.88 Å². The van der Waals surface area contributed by atoms with Crippen LogP contribution in [0.3, 0.4) is 0 Å². The average Bonchev–Trinajstić information content (AvgIpc) is 2.69. The maximum atomic E-state index is 13.7. The average molecular weight is 266 g/mol. The highest BCUT2D eigenvalue weighted by molar-refractivity contribution is 5.14. The van der Waals surface area contributed by atoms with Gasteiger partial charge in [0, 0.05) is 18.8 Å². The molecular formula is C14H19FN2O2. The number of ether oxygens (including phenoxy) is 2. The number of hydrogen-bond donors (Lipinski definition) is 0. The van der Waals surface area contributed by atoms with E-state index in [-0.39, 0.29) is 18.1 Å². The summed E-state index contributed by atoms with van der Waals surface area (Å²) in [4.78, 5) is 6.34. The first-order valence-corrected chi connectivity index (χ1v) is 6.92. The van der Waals surface area contributed by atoms with E-state index in [0.29, 0.717) is 6.04 Å². The molecule has 0 N–H and O–H groups in total. The zero-order valence-corrected chi connectivity index (χ0v) is 11.1. The summed E-state index contributed by atoms with van der Waals surface area (Å²) in [6, 6.07) is 3.25. The number of nitrogens with zero attached hydrogens (tertiary/aromatic N) is 2. The van der Waals surface area contributed by atoms with Crippen molar-refractivity contribution >= 4 is 0 Å². The van der Waals surface area contributed by atoms with Crippen LogP contribution in [0, 0.1) is 5.82 Å². The minimum atomic E-state index is -0.408. The van der Waals surface area contributed by atoms with E-state index in [9.17, 15) is 4.39 Å². The molecule has 4 nitrogen and oxygen atoms in total. The van der Waals surface area contributed by atoms with Crippen molar-refractivity contribution < 1.29 is 13.9 Å². The Balaban J connectivity index is 1.81. The third-order valence-electron chi connectivity index (χ3n) is 4.05. The Morgan fingerprint density at radius 3 is 3.21 bits per heavy atom. The van der Waals surface area contributed by atoms with E-state index in [1.807, 2.05) is 0 Å². The topological polar surface area (TPSA) is 34.6 Å². The third kappa shape index (κ3) is 2.44. The first-order valence-electron chi connectivity index (χ1n) is 6.92. The van der Waals surface area contributed by atoms with Gasteiger partial charge >= 0.3 is 0 Å². The van der Waals surface area contributed by atoms with Gasteiger partial charge in [-0.15, -0.1) is 0 Å². The third-order valence-corrected chi connectivity index (χ3v) is 4.05. The van der Waals surface area contributed by atoms with Gasteiger partial charge in [-0.1, -0.05) is 6.92 Å². The van der Waals surface area contributed by atoms with Crippen molar-refractivity contribution in [2.24, 2.45) is 0 Å². The summed E-state index contributed by atoms with van der Waals surface area (Å²) < 4.78 is 25.3. The second kappa shape index (κ2) is 5.43. The van der Waals surface area contributed by atoms with Crippen molar-refractivity contribution in [3.05, 3.63) is 24.1 Å². The van der Waals surface area contributed by atoms with Gasteiger partial charge in [-0.2, -0.15) is 0 Å². The molecule has 0 aromatic carbocycles. The number of aromatic nitrogens is 1. The molecule has 19 heavy (non-hydrogen) atoms. The van der Waals surface area contributed by atoms with Crippen LogP contribution < -0.4 is 4.74 Å². The molecule has 0 unspecified atom stereocenters. The normalized spacial score (nSPS) is 31.2. The Labute approximate surface area is 112 Å². The Bertz CT molecular complexity index is 443. The summed E-state index contributed by atoms with van der Waals surface area (Å²) >= 11 is 0. The highest BCUT2D eigenvalue weighted by Gasteiger charge is 2.43. The van der Waals surface area contributed by atoms with E-state index in [4.69, 9.17) is 9.47 Å². The first kappa shape index (κ1) is 12.8. The van der Waals surface area contributed by atoms with Crippen LogP contribution in [0.1, 0.15) is 19.8 Å². The maximum absolute atomic E-state index is 13.7. The van der Waals surface area contributed by atoms with Crippen molar-refractivity contribution in [1.29, 1.82) is 0 Å². The van der Waals surface area contributed by atoms with Gasteiger partial charge in [0.2, 0.25) is 0 Å². The fourth-order valence-corrected chi connectivity index (χ4v) is 3.10. The molecule has 5 heteroatoms. The molecular weight excluding hydrogens is 247 g/mol. The van der Waals surface area contributed by atoms with Crippen LogP contribution in [0.15, 0.2) is 18.3 Å². The Morgan fingerprint density at radius 1 is 1.53 bits per heavy atom. The molecule has 1 aliphatic carbocycles. The summed E-state index contributed by atoms with van der Waals surface area (Å²) in [5.74, 6) is -0.319. The molecule has 1 saturated carbocycles. The Morgan fingerprint density at radius 2 is 2.42 bits per heavy atom. The van der Waals surface area contributed by atoms with Crippen molar-refractivity contribution in [2.45, 2.75) is 38.0 Å². The molecule has 104 valence electrons. The van der Waals surface area contributed by atoms with Gasteiger partial charge in [0.05, 0.1) is 12.7 Å². The Hall–Kier alpha value is -1.20. The van der Waals surface area contributed by atoms with Gasteiger partial charge in [-0.25, -0.2) is 9.37 Å². The van der Waals surface area contributed by atoms with Crippen LogP contribution in [0.25, 0.3) is 0 Å². The standard InChI is InChI=1S/C14H19FN2O2/c1-2-17-8-9-18-12-6-5-11(17)13(12)19-14-10(15)4-3-7-16-14/h3-4,7,11-13H,2,5-6,8-9H2,1H3/t11-,12-,13+/m0/s1. The van der Waals surface area contributed by atoms with Gasteiger partial charge in [-0.05, 0) is 31.5 Å². The maximum Gasteiger partial charge on any atom is 0.250 e. The first-order chi connectivity index (χ1) is 9.29. The number of pyridine rings is 1. The van der Waals surface area contributed by atoms with E-state index in [1.165, 1.54) is 6.07 Å². The molecule has 1 saturated heterocycles. The number of fused-ring (bicyclic) bond motifs is 2. The SMILES string of the molecule is CCN1CCO[C@H]2CC[C@H]1[C@H]2Oc1ncccc1F. The molecule has 0 radical (unpaired) electrons. The van der Waals surface area contributed by atoms with E-state index in [0.717, 1.165) is 32.5 Å². The lowest BCUT2D eigenvalue weighted by atomic mass is 10.1. The zero-order valence-electron chi connectivity index (χ0n) is 11.1. The second-order valence-electron chi connectivity index (χ2n) is 5.06. The molecule has 2 heterocycles. The van der Waals surface area contributed by atoms with E-state index >= 15 is 0 Å². The molecule has 0 amide bonds. The largest absolute Gasteiger partial charge is 0.468 e. The van der Waals surface area contributed by atoms with Crippen LogP contribution in [0.4, 0.5) is 4.39 Å². The summed E-state index contributed by atoms with van der Waals surface area (Å²) in [6.45, 7) is 4.74. The quantitative estimate of drug-likeness (QED) is 0.836. The molecule has 2 aliphatic rings. The molecule has 1 aliphatic heterocycles. The fraction of sp³-hybridized carbons (Fsp3) is 0.643. The lowest BCUT2D eigenvalue weighted by molar-refractivity contribution is 0.000259. The minimum absolute atomic E-state index is 0.0583. The van der Waals surface area contributed by atoms with Crippen LogP contribution in [0.2, 0.25) is 0 Å². The van der Waals surface area contributed by atoms with Gasteiger partial charge in [0.15, 0.2) is 5.82 Å². The molecule has 0 spiro atoms. The second-order valence-corrected chi connectivity index (χ2v) is 5.06. The predicted octanol–water partition coefficient (Wildman–Crippen LogP) is 1.85. The van der Waals surface area contributed by atoms with Crippen LogP contribution >= 0.6 is 0 Å².